The SMILES string of the molecule is CSc1n(C2CCCCC2)c(=O)c(C)c([O-])[n+]1C. The van der Waals surface area contributed by atoms with Gasteiger partial charge in [-0.05, 0) is 50.6 Å². The Morgan fingerprint density at radius 1 is 1.33 bits per heavy atom. The monoisotopic (exact) mass is 268 g/mol. The Morgan fingerprint density at radius 2 is 1.94 bits per heavy atom. The van der Waals surface area contributed by atoms with Crippen LogP contribution in [0.15, 0.2) is 9.95 Å². The van der Waals surface area contributed by atoms with Crippen molar-refractivity contribution in [3.05, 3.63) is 15.9 Å². The van der Waals surface area contributed by atoms with Gasteiger partial charge in [0.25, 0.3) is 0 Å². The van der Waals surface area contributed by atoms with E-state index in [1.165, 1.54) is 31.0 Å². The molecule has 100 valence electrons. The van der Waals surface area contributed by atoms with E-state index in [0.717, 1.165) is 18.0 Å². The minimum Gasteiger partial charge on any atom is -0.842 e. The summed E-state index contributed by atoms with van der Waals surface area (Å²) in [6, 6.07) is 0.263. The van der Waals surface area contributed by atoms with Crippen molar-refractivity contribution in [2.24, 2.45) is 7.05 Å². The van der Waals surface area contributed by atoms with Crippen LogP contribution in [0.4, 0.5) is 0 Å². The van der Waals surface area contributed by atoms with Crippen molar-refractivity contribution in [1.82, 2.24) is 4.57 Å². The molecular formula is C13H20N2O2S. The van der Waals surface area contributed by atoms with Crippen molar-refractivity contribution in [2.75, 3.05) is 6.26 Å². The van der Waals surface area contributed by atoms with Gasteiger partial charge in [0.15, 0.2) is 0 Å². The second-order valence-electron chi connectivity index (χ2n) is 4.94. The molecule has 0 radical (unpaired) electrons. The molecule has 0 unspecified atom stereocenters. The van der Waals surface area contributed by atoms with Gasteiger partial charge in [-0.15, -0.1) is 0 Å². The van der Waals surface area contributed by atoms with Gasteiger partial charge in [0.1, 0.15) is 6.04 Å². The van der Waals surface area contributed by atoms with Gasteiger partial charge >= 0.3 is 10.7 Å². The third kappa shape index (κ3) is 2.16. The first-order chi connectivity index (χ1) is 8.57. The van der Waals surface area contributed by atoms with Crippen LogP contribution in [-0.2, 0) is 7.05 Å². The first-order valence-corrected chi connectivity index (χ1v) is 7.66. The number of nitrogens with zero attached hydrogens (tertiary/aromatic N) is 2. The summed E-state index contributed by atoms with van der Waals surface area (Å²) in [7, 11) is 1.75. The summed E-state index contributed by atoms with van der Waals surface area (Å²) in [6.45, 7) is 1.63. The van der Waals surface area contributed by atoms with Crippen LogP contribution in [-0.4, -0.2) is 10.8 Å². The summed E-state index contributed by atoms with van der Waals surface area (Å²) in [5, 5.41) is 12.7. The zero-order chi connectivity index (χ0) is 13.3. The second kappa shape index (κ2) is 5.34. The van der Waals surface area contributed by atoms with E-state index in [2.05, 4.69) is 0 Å². The first kappa shape index (κ1) is 13.5. The Hall–Kier alpha value is -0.970. The maximum absolute atomic E-state index is 12.4. The number of rotatable bonds is 2. The highest BCUT2D eigenvalue weighted by molar-refractivity contribution is 7.98. The van der Waals surface area contributed by atoms with Crippen LogP contribution in [0.2, 0.25) is 0 Å². The molecule has 0 saturated heterocycles. The van der Waals surface area contributed by atoms with Crippen LogP contribution < -0.4 is 15.2 Å². The largest absolute Gasteiger partial charge is 0.842 e. The van der Waals surface area contributed by atoms with Crippen LogP contribution in [0.3, 0.4) is 0 Å². The van der Waals surface area contributed by atoms with Crippen molar-refractivity contribution in [3.8, 4) is 5.88 Å². The van der Waals surface area contributed by atoms with E-state index in [4.69, 9.17) is 0 Å². The molecule has 1 aliphatic carbocycles. The highest BCUT2D eigenvalue weighted by Crippen LogP contribution is 2.29. The number of thioether (sulfide) groups is 1. The van der Waals surface area contributed by atoms with Crippen molar-refractivity contribution < 1.29 is 9.67 Å². The number of aromatic nitrogens is 2. The Balaban J connectivity index is 2.60. The lowest BCUT2D eigenvalue weighted by Gasteiger charge is -2.23. The topological polar surface area (TPSA) is 48.9 Å². The van der Waals surface area contributed by atoms with Crippen LogP contribution in [0, 0.1) is 6.92 Å². The van der Waals surface area contributed by atoms with E-state index >= 15 is 0 Å². The molecule has 1 heterocycles. The van der Waals surface area contributed by atoms with Crippen molar-refractivity contribution in [2.45, 2.75) is 50.2 Å². The third-order valence-electron chi connectivity index (χ3n) is 3.78. The zero-order valence-corrected chi connectivity index (χ0v) is 12.0. The lowest BCUT2D eigenvalue weighted by atomic mass is 9.95. The fourth-order valence-electron chi connectivity index (χ4n) is 2.76. The van der Waals surface area contributed by atoms with Crippen LogP contribution in [0.5, 0.6) is 5.88 Å². The van der Waals surface area contributed by atoms with Gasteiger partial charge in [-0.2, -0.15) is 4.57 Å². The van der Waals surface area contributed by atoms with Crippen molar-refractivity contribution in [3.63, 3.8) is 0 Å². The van der Waals surface area contributed by atoms with Gasteiger partial charge in [-0.1, -0.05) is 6.42 Å². The van der Waals surface area contributed by atoms with E-state index in [-0.39, 0.29) is 17.5 Å². The molecule has 1 saturated carbocycles. The molecule has 0 aromatic carbocycles. The molecule has 0 amide bonds. The average molecular weight is 268 g/mol. The summed E-state index contributed by atoms with van der Waals surface area (Å²) in [5.74, 6) is -0.170. The third-order valence-corrected chi connectivity index (χ3v) is 4.62. The molecule has 0 N–H and O–H groups in total. The standard InChI is InChI=1S/C13H20N2O2S/c1-9-11(16)14(2)13(18-3)15(12(9)17)10-7-5-4-6-8-10/h10H,4-8H2,1-3H3. The molecule has 2 rings (SSSR count). The molecule has 1 aromatic heterocycles. The lowest BCUT2D eigenvalue weighted by Crippen LogP contribution is -2.46. The fourth-order valence-corrected chi connectivity index (χ4v) is 3.54. The van der Waals surface area contributed by atoms with E-state index in [9.17, 15) is 9.90 Å². The smallest absolute Gasteiger partial charge is 0.340 e. The predicted molar refractivity (Wildman–Crippen MR) is 70.0 cm³/mol. The molecule has 4 nitrogen and oxygen atoms in total. The van der Waals surface area contributed by atoms with Crippen molar-refractivity contribution >= 4 is 11.8 Å². The molecule has 0 aliphatic heterocycles. The van der Waals surface area contributed by atoms with E-state index in [0.29, 0.717) is 5.56 Å². The zero-order valence-electron chi connectivity index (χ0n) is 11.2. The van der Waals surface area contributed by atoms with Gasteiger partial charge in [-0.25, -0.2) is 9.36 Å². The fraction of sp³-hybridized carbons (Fsp3) is 0.692. The first-order valence-electron chi connectivity index (χ1n) is 6.44. The summed E-state index contributed by atoms with van der Waals surface area (Å²) in [4.78, 5) is 12.4. The molecule has 5 heteroatoms. The molecule has 0 bridgehead atoms. The summed E-state index contributed by atoms with van der Waals surface area (Å²) in [6.07, 6.45) is 7.61. The lowest BCUT2D eigenvalue weighted by molar-refractivity contribution is -0.753. The van der Waals surface area contributed by atoms with Gasteiger partial charge in [0, 0.05) is 0 Å². The number of hydrogen-bond acceptors (Lipinski definition) is 3. The minimum atomic E-state index is -0.170. The number of hydrogen-bond donors (Lipinski definition) is 0. The molecular weight excluding hydrogens is 248 g/mol. The van der Waals surface area contributed by atoms with E-state index < -0.39 is 0 Å². The van der Waals surface area contributed by atoms with Gasteiger partial charge in [-0.3, -0.25) is 0 Å². The minimum absolute atomic E-state index is 0.102. The van der Waals surface area contributed by atoms with Crippen LogP contribution in [0.1, 0.15) is 43.7 Å². The Labute approximate surface area is 112 Å². The Bertz CT molecular complexity index is 505. The van der Waals surface area contributed by atoms with Crippen LogP contribution >= 0.6 is 11.8 Å². The predicted octanol–water partition coefficient (Wildman–Crippen LogP) is 1.28. The molecule has 0 atom stereocenters. The quantitative estimate of drug-likeness (QED) is 0.461. The molecule has 1 fully saturated rings. The maximum atomic E-state index is 12.4. The summed E-state index contributed by atoms with van der Waals surface area (Å²) in [5.41, 5.74) is 0.232. The molecule has 1 aromatic rings. The van der Waals surface area contributed by atoms with Crippen LogP contribution in [0.25, 0.3) is 0 Å². The normalized spacial score (nSPS) is 17.1. The second-order valence-corrected chi connectivity index (χ2v) is 5.72. The van der Waals surface area contributed by atoms with Crippen molar-refractivity contribution in [1.29, 1.82) is 0 Å². The van der Waals surface area contributed by atoms with Gasteiger partial charge < -0.3 is 5.11 Å². The highest BCUT2D eigenvalue weighted by Gasteiger charge is 2.28. The van der Waals surface area contributed by atoms with Gasteiger partial charge in [0.2, 0.25) is 0 Å². The summed E-state index contributed by atoms with van der Waals surface area (Å²) < 4.78 is 3.45. The molecule has 18 heavy (non-hydrogen) atoms. The molecule has 1 aliphatic rings. The maximum Gasteiger partial charge on any atom is 0.340 e. The Morgan fingerprint density at radius 3 is 2.50 bits per heavy atom. The summed E-state index contributed by atoms with van der Waals surface area (Å²) >= 11 is 1.48. The Kier molecular flexibility index (Phi) is 4.00. The van der Waals surface area contributed by atoms with Gasteiger partial charge in [0.05, 0.1) is 18.5 Å². The van der Waals surface area contributed by atoms with E-state index in [1.54, 1.807) is 18.5 Å². The van der Waals surface area contributed by atoms with E-state index in [1.807, 2.05) is 10.8 Å². The molecule has 0 spiro atoms. The average Bonchev–Trinajstić information content (AvgIpc) is 2.41. The highest BCUT2D eigenvalue weighted by atomic mass is 32.2.